The number of allylic oxidation sites excluding steroid dienone is 1. The van der Waals surface area contributed by atoms with Crippen LogP contribution < -0.4 is 10.5 Å². The Morgan fingerprint density at radius 2 is 2.19 bits per heavy atom. The number of ether oxygens (including phenoxy) is 1. The summed E-state index contributed by atoms with van der Waals surface area (Å²) >= 11 is 3.56. The van der Waals surface area contributed by atoms with Crippen molar-refractivity contribution in [3.63, 3.8) is 0 Å². The zero-order valence-corrected chi connectivity index (χ0v) is 14.1. The monoisotopic (exact) mass is 349 g/mol. The molecule has 112 valence electrons. The summed E-state index contributed by atoms with van der Waals surface area (Å²) in [5.74, 6) is 2.66. The average molecular weight is 350 g/mol. The first-order chi connectivity index (χ1) is 9.99. The van der Waals surface area contributed by atoms with E-state index >= 15 is 0 Å². The van der Waals surface area contributed by atoms with Gasteiger partial charge in [-0.25, -0.2) is 4.98 Å². The maximum atomic E-state index is 6.31. The molecule has 0 aliphatic heterocycles. The number of nitrogen functional groups attached to an aromatic ring is 1. The minimum Gasteiger partial charge on any atom is -0.497 e. The van der Waals surface area contributed by atoms with Crippen LogP contribution in [0.5, 0.6) is 5.75 Å². The minimum absolute atomic E-state index is 0.283. The standard InChI is InChI=1S/C16H20BrN3O/c1-5-8-20-15(18)14(19-16(20)10(2)3)12-9-11(21-4)6-7-13(12)17/h5-7,9-10H,1,8,18H2,2-4H3. The summed E-state index contributed by atoms with van der Waals surface area (Å²) in [5, 5.41) is 0. The van der Waals surface area contributed by atoms with Gasteiger partial charge in [0.15, 0.2) is 0 Å². The van der Waals surface area contributed by atoms with Gasteiger partial charge in [-0.3, -0.25) is 0 Å². The van der Waals surface area contributed by atoms with E-state index < -0.39 is 0 Å². The van der Waals surface area contributed by atoms with Crippen LogP contribution in [-0.4, -0.2) is 16.7 Å². The fourth-order valence-electron chi connectivity index (χ4n) is 2.26. The van der Waals surface area contributed by atoms with Crippen LogP contribution in [-0.2, 0) is 6.54 Å². The van der Waals surface area contributed by atoms with E-state index in [4.69, 9.17) is 15.5 Å². The van der Waals surface area contributed by atoms with Crippen LogP contribution in [0.15, 0.2) is 35.3 Å². The number of anilines is 1. The van der Waals surface area contributed by atoms with Crippen LogP contribution in [0.25, 0.3) is 11.3 Å². The van der Waals surface area contributed by atoms with Crippen molar-refractivity contribution >= 4 is 21.7 Å². The van der Waals surface area contributed by atoms with Gasteiger partial charge in [0.25, 0.3) is 0 Å². The van der Waals surface area contributed by atoms with E-state index in [2.05, 4.69) is 36.4 Å². The van der Waals surface area contributed by atoms with Gasteiger partial charge in [-0.2, -0.15) is 0 Å². The zero-order valence-electron chi connectivity index (χ0n) is 12.6. The highest BCUT2D eigenvalue weighted by Gasteiger charge is 2.19. The van der Waals surface area contributed by atoms with Crippen molar-refractivity contribution in [2.45, 2.75) is 26.3 Å². The van der Waals surface area contributed by atoms with Gasteiger partial charge in [0.1, 0.15) is 23.1 Å². The molecule has 21 heavy (non-hydrogen) atoms. The highest BCUT2D eigenvalue weighted by molar-refractivity contribution is 9.10. The second-order valence-corrected chi connectivity index (χ2v) is 5.96. The quantitative estimate of drug-likeness (QED) is 0.822. The number of nitrogens with zero attached hydrogens (tertiary/aromatic N) is 2. The van der Waals surface area contributed by atoms with Crippen LogP contribution in [0, 0.1) is 0 Å². The van der Waals surface area contributed by atoms with E-state index in [9.17, 15) is 0 Å². The highest BCUT2D eigenvalue weighted by Crippen LogP contribution is 2.36. The third kappa shape index (κ3) is 2.97. The lowest BCUT2D eigenvalue weighted by atomic mass is 10.1. The molecule has 2 rings (SSSR count). The van der Waals surface area contributed by atoms with Gasteiger partial charge in [-0.1, -0.05) is 35.9 Å². The minimum atomic E-state index is 0.283. The molecule has 0 aliphatic carbocycles. The van der Waals surface area contributed by atoms with Crippen molar-refractivity contribution in [3.8, 4) is 17.0 Å². The molecule has 0 aliphatic rings. The summed E-state index contributed by atoms with van der Waals surface area (Å²) in [6, 6.07) is 5.77. The number of nitrogens with two attached hydrogens (primary N) is 1. The number of methoxy groups -OCH3 is 1. The van der Waals surface area contributed by atoms with Gasteiger partial charge in [0.05, 0.1) is 7.11 Å². The lowest BCUT2D eigenvalue weighted by Crippen LogP contribution is -2.07. The van der Waals surface area contributed by atoms with Gasteiger partial charge in [0.2, 0.25) is 0 Å². The second-order valence-electron chi connectivity index (χ2n) is 5.10. The Bertz CT molecular complexity index is 662. The molecule has 0 amide bonds. The molecular weight excluding hydrogens is 330 g/mol. The lowest BCUT2D eigenvalue weighted by molar-refractivity contribution is 0.415. The number of imidazole rings is 1. The first-order valence-electron chi connectivity index (χ1n) is 6.80. The van der Waals surface area contributed by atoms with Gasteiger partial charge >= 0.3 is 0 Å². The normalized spacial score (nSPS) is 10.9. The van der Waals surface area contributed by atoms with Crippen LogP contribution in [0.2, 0.25) is 0 Å². The van der Waals surface area contributed by atoms with Gasteiger partial charge < -0.3 is 15.0 Å². The number of halogens is 1. The SMILES string of the molecule is C=CCn1c(C(C)C)nc(-c2cc(OC)ccc2Br)c1N. The van der Waals surface area contributed by atoms with E-state index in [0.29, 0.717) is 12.4 Å². The maximum Gasteiger partial charge on any atom is 0.132 e. The Morgan fingerprint density at radius 3 is 2.76 bits per heavy atom. The molecule has 2 N–H and O–H groups in total. The molecule has 4 nitrogen and oxygen atoms in total. The molecule has 0 saturated heterocycles. The number of rotatable bonds is 5. The van der Waals surface area contributed by atoms with Crippen LogP contribution in [0.3, 0.4) is 0 Å². The Morgan fingerprint density at radius 1 is 1.48 bits per heavy atom. The zero-order chi connectivity index (χ0) is 15.6. The summed E-state index contributed by atoms with van der Waals surface area (Å²) in [5.41, 5.74) is 8.01. The van der Waals surface area contributed by atoms with E-state index in [0.717, 1.165) is 27.3 Å². The summed E-state index contributed by atoms with van der Waals surface area (Å²) in [6.07, 6.45) is 1.83. The summed E-state index contributed by atoms with van der Waals surface area (Å²) in [4.78, 5) is 4.74. The predicted octanol–water partition coefficient (Wildman–Crippen LogP) is 4.21. The summed E-state index contributed by atoms with van der Waals surface area (Å²) in [6.45, 7) is 8.64. The third-order valence-electron chi connectivity index (χ3n) is 3.29. The Balaban J connectivity index is 2.64. The fraction of sp³-hybridized carbons (Fsp3) is 0.312. The van der Waals surface area contributed by atoms with E-state index in [1.54, 1.807) is 7.11 Å². The van der Waals surface area contributed by atoms with Crippen molar-refractivity contribution in [3.05, 3.63) is 41.2 Å². The van der Waals surface area contributed by atoms with Crippen LogP contribution in [0.1, 0.15) is 25.6 Å². The molecule has 5 heteroatoms. The number of hydrogen-bond donors (Lipinski definition) is 1. The van der Waals surface area contributed by atoms with Crippen molar-refractivity contribution in [2.24, 2.45) is 0 Å². The number of hydrogen-bond acceptors (Lipinski definition) is 3. The van der Waals surface area contributed by atoms with E-state index in [1.165, 1.54) is 0 Å². The number of aromatic nitrogens is 2. The summed E-state index contributed by atoms with van der Waals surface area (Å²) in [7, 11) is 1.65. The van der Waals surface area contributed by atoms with Crippen molar-refractivity contribution in [1.82, 2.24) is 9.55 Å². The average Bonchev–Trinajstić information content (AvgIpc) is 2.78. The molecular formula is C16H20BrN3O. The summed E-state index contributed by atoms with van der Waals surface area (Å²) < 4.78 is 8.23. The topological polar surface area (TPSA) is 53.1 Å². The van der Waals surface area contributed by atoms with Crippen molar-refractivity contribution in [2.75, 3.05) is 12.8 Å². The molecule has 0 fully saturated rings. The first-order valence-corrected chi connectivity index (χ1v) is 7.59. The molecule has 0 saturated carbocycles. The van der Waals surface area contributed by atoms with Crippen molar-refractivity contribution in [1.29, 1.82) is 0 Å². The fourth-order valence-corrected chi connectivity index (χ4v) is 2.69. The van der Waals surface area contributed by atoms with Crippen LogP contribution >= 0.6 is 15.9 Å². The molecule has 0 bridgehead atoms. The molecule has 1 aromatic heterocycles. The van der Waals surface area contributed by atoms with Gasteiger partial charge in [-0.15, -0.1) is 6.58 Å². The predicted molar refractivity (Wildman–Crippen MR) is 90.6 cm³/mol. The van der Waals surface area contributed by atoms with E-state index in [1.807, 2.05) is 28.8 Å². The Kier molecular flexibility index (Phi) is 4.73. The molecule has 1 aromatic carbocycles. The van der Waals surface area contributed by atoms with Crippen molar-refractivity contribution < 1.29 is 4.74 Å². The molecule has 0 radical (unpaired) electrons. The molecule has 0 unspecified atom stereocenters. The molecule has 2 aromatic rings. The molecule has 0 spiro atoms. The molecule has 0 atom stereocenters. The highest BCUT2D eigenvalue weighted by atomic mass is 79.9. The largest absolute Gasteiger partial charge is 0.497 e. The first kappa shape index (κ1) is 15.6. The van der Waals surface area contributed by atoms with E-state index in [-0.39, 0.29) is 5.92 Å². The molecule has 1 heterocycles. The Hall–Kier alpha value is -1.75. The second kappa shape index (κ2) is 6.35. The maximum absolute atomic E-state index is 6.31. The van der Waals surface area contributed by atoms with Crippen LogP contribution in [0.4, 0.5) is 5.82 Å². The lowest BCUT2D eigenvalue weighted by Gasteiger charge is -2.09. The van der Waals surface area contributed by atoms with Gasteiger partial charge in [0, 0.05) is 22.5 Å². The third-order valence-corrected chi connectivity index (χ3v) is 3.98. The van der Waals surface area contributed by atoms with Gasteiger partial charge in [-0.05, 0) is 18.2 Å². The Labute approximate surface area is 133 Å². The number of benzene rings is 1. The smallest absolute Gasteiger partial charge is 0.132 e.